The van der Waals surface area contributed by atoms with Gasteiger partial charge < -0.3 is 10.4 Å². The third-order valence-electron chi connectivity index (χ3n) is 4.20. The number of carboxylic acids is 1. The molecule has 150 valence electrons. The van der Waals surface area contributed by atoms with Gasteiger partial charge in [0.2, 0.25) is 0 Å². The van der Waals surface area contributed by atoms with E-state index in [9.17, 15) is 22.8 Å². The molecule has 2 N–H and O–H groups in total. The third kappa shape index (κ3) is 4.63. The van der Waals surface area contributed by atoms with Gasteiger partial charge in [0.25, 0.3) is 5.91 Å². The van der Waals surface area contributed by atoms with Crippen molar-refractivity contribution in [1.82, 2.24) is 14.9 Å². The number of fused-ring (bicyclic) bond motifs is 1. The molecule has 3 rings (SSSR count). The second kappa shape index (κ2) is 7.78. The summed E-state index contributed by atoms with van der Waals surface area (Å²) in [7, 11) is 0. The quantitative estimate of drug-likeness (QED) is 0.658. The van der Waals surface area contributed by atoms with Crippen LogP contribution in [0.3, 0.4) is 0 Å². The molecule has 2 aromatic heterocycles. The van der Waals surface area contributed by atoms with Crippen LogP contribution in [0.2, 0.25) is 0 Å². The molecule has 2 heterocycles. The lowest BCUT2D eigenvalue weighted by Gasteiger charge is -2.10. The van der Waals surface area contributed by atoms with Crippen LogP contribution in [-0.2, 0) is 17.4 Å². The van der Waals surface area contributed by atoms with Gasteiger partial charge in [-0.3, -0.25) is 9.59 Å². The van der Waals surface area contributed by atoms with Gasteiger partial charge in [0, 0.05) is 11.9 Å². The van der Waals surface area contributed by atoms with Gasteiger partial charge in [-0.1, -0.05) is 24.8 Å². The summed E-state index contributed by atoms with van der Waals surface area (Å²) in [6.45, 7) is 3.51. The highest BCUT2D eigenvalue weighted by Crippen LogP contribution is 2.29. The van der Waals surface area contributed by atoms with Crippen molar-refractivity contribution in [1.29, 1.82) is 0 Å². The van der Waals surface area contributed by atoms with Gasteiger partial charge in [0.15, 0.2) is 0 Å². The molecule has 0 aliphatic carbocycles. The molecule has 0 atom stereocenters. The third-order valence-corrected chi connectivity index (χ3v) is 4.20. The summed E-state index contributed by atoms with van der Waals surface area (Å²) < 4.78 is 39.7. The molecule has 0 saturated carbocycles. The number of pyridine rings is 1. The number of hydrogen-bond acceptors (Lipinski definition) is 3. The van der Waals surface area contributed by atoms with Gasteiger partial charge in [-0.05, 0) is 35.7 Å². The molecule has 0 radical (unpaired) electrons. The molecule has 1 amide bonds. The zero-order valence-electron chi connectivity index (χ0n) is 15.0. The summed E-state index contributed by atoms with van der Waals surface area (Å²) in [6, 6.07) is 8.25. The molecular formula is C20H16F3N3O3. The van der Waals surface area contributed by atoms with Crippen molar-refractivity contribution in [3.63, 3.8) is 0 Å². The molecule has 29 heavy (non-hydrogen) atoms. The van der Waals surface area contributed by atoms with E-state index < -0.39 is 30.0 Å². The number of amides is 1. The van der Waals surface area contributed by atoms with Crippen molar-refractivity contribution in [3.8, 4) is 0 Å². The van der Waals surface area contributed by atoms with Crippen LogP contribution in [0.1, 0.15) is 33.5 Å². The summed E-state index contributed by atoms with van der Waals surface area (Å²) in [5.41, 5.74) is 1.29. The standard InChI is InChI=1S/C20H16F3N3O3/c1-12(9-17(27)28)25-19(29)16-11-24-26-8-2-3-14(18(16)26)10-13-4-6-15(7-5-13)20(21,22)23/h2-8,11H,1,9-10H2,(H,25,29)(H,27,28). The Bertz CT molecular complexity index is 1090. The Kier molecular flexibility index (Phi) is 5.40. The lowest BCUT2D eigenvalue weighted by molar-refractivity contribution is -0.138. The molecule has 3 aromatic rings. The fourth-order valence-corrected chi connectivity index (χ4v) is 2.91. The van der Waals surface area contributed by atoms with Crippen molar-refractivity contribution in [2.75, 3.05) is 0 Å². The number of carbonyl (C=O) groups is 2. The lowest BCUT2D eigenvalue weighted by atomic mass is 10.0. The number of nitrogens with one attached hydrogen (secondary N) is 1. The highest BCUT2D eigenvalue weighted by Gasteiger charge is 2.30. The van der Waals surface area contributed by atoms with Gasteiger partial charge in [-0.15, -0.1) is 0 Å². The van der Waals surface area contributed by atoms with E-state index in [0.717, 1.165) is 12.1 Å². The average Bonchev–Trinajstić information content (AvgIpc) is 3.06. The summed E-state index contributed by atoms with van der Waals surface area (Å²) in [4.78, 5) is 23.3. The Balaban J connectivity index is 1.89. The molecule has 0 aliphatic rings. The van der Waals surface area contributed by atoms with Gasteiger partial charge in [-0.25, -0.2) is 4.52 Å². The van der Waals surface area contributed by atoms with Gasteiger partial charge in [0.05, 0.1) is 29.3 Å². The van der Waals surface area contributed by atoms with E-state index in [-0.39, 0.29) is 17.7 Å². The van der Waals surface area contributed by atoms with Crippen LogP contribution >= 0.6 is 0 Å². The summed E-state index contributed by atoms with van der Waals surface area (Å²) in [5, 5.41) is 15.3. The number of aliphatic carboxylic acids is 1. The van der Waals surface area contributed by atoms with Crippen LogP contribution in [0.4, 0.5) is 13.2 Å². The van der Waals surface area contributed by atoms with Crippen LogP contribution < -0.4 is 5.32 Å². The maximum absolute atomic E-state index is 12.7. The first-order chi connectivity index (χ1) is 13.6. The minimum atomic E-state index is -4.41. The molecule has 0 unspecified atom stereocenters. The van der Waals surface area contributed by atoms with Crippen LogP contribution in [0.5, 0.6) is 0 Å². The minimum Gasteiger partial charge on any atom is -0.481 e. The highest BCUT2D eigenvalue weighted by atomic mass is 19.4. The Hall–Kier alpha value is -3.62. The zero-order chi connectivity index (χ0) is 21.2. The number of hydrogen-bond donors (Lipinski definition) is 2. The minimum absolute atomic E-state index is 0.0297. The molecular weight excluding hydrogens is 387 g/mol. The maximum Gasteiger partial charge on any atom is 0.416 e. The van der Waals surface area contributed by atoms with Crippen molar-refractivity contribution in [2.24, 2.45) is 0 Å². The number of benzene rings is 1. The van der Waals surface area contributed by atoms with E-state index in [4.69, 9.17) is 5.11 Å². The van der Waals surface area contributed by atoms with Gasteiger partial charge >= 0.3 is 12.1 Å². The molecule has 0 fully saturated rings. The molecule has 9 heteroatoms. The molecule has 0 spiro atoms. The molecule has 0 aliphatic heterocycles. The van der Waals surface area contributed by atoms with E-state index in [1.165, 1.54) is 22.8 Å². The average molecular weight is 403 g/mol. The van der Waals surface area contributed by atoms with E-state index in [1.807, 2.05) is 0 Å². The van der Waals surface area contributed by atoms with Crippen molar-refractivity contribution in [2.45, 2.75) is 19.0 Å². The van der Waals surface area contributed by atoms with Crippen molar-refractivity contribution < 1.29 is 27.9 Å². The molecule has 1 aromatic carbocycles. The summed E-state index contributed by atoms with van der Waals surface area (Å²) >= 11 is 0. The largest absolute Gasteiger partial charge is 0.481 e. The maximum atomic E-state index is 12.7. The first kappa shape index (κ1) is 20.1. The van der Waals surface area contributed by atoms with Gasteiger partial charge in [0.1, 0.15) is 0 Å². The van der Waals surface area contributed by atoms with Crippen LogP contribution in [-0.4, -0.2) is 26.6 Å². The van der Waals surface area contributed by atoms with Crippen molar-refractivity contribution in [3.05, 3.63) is 83.3 Å². The zero-order valence-corrected chi connectivity index (χ0v) is 15.0. The molecule has 0 bridgehead atoms. The van der Waals surface area contributed by atoms with Crippen LogP contribution in [0.15, 0.2) is 61.1 Å². The Morgan fingerprint density at radius 1 is 1.17 bits per heavy atom. The second-order valence-electron chi connectivity index (χ2n) is 6.38. The number of rotatable bonds is 6. The predicted molar refractivity (Wildman–Crippen MR) is 98.3 cm³/mol. The van der Waals surface area contributed by atoms with Gasteiger partial charge in [-0.2, -0.15) is 18.3 Å². The van der Waals surface area contributed by atoms with E-state index >= 15 is 0 Å². The van der Waals surface area contributed by atoms with E-state index in [2.05, 4.69) is 17.0 Å². The first-order valence-electron chi connectivity index (χ1n) is 8.47. The number of halogens is 3. The normalized spacial score (nSPS) is 11.4. The smallest absolute Gasteiger partial charge is 0.416 e. The van der Waals surface area contributed by atoms with Crippen LogP contribution in [0, 0.1) is 0 Å². The topological polar surface area (TPSA) is 83.7 Å². The number of aromatic nitrogens is 2. The number of carboxylic acid groups (broad SMARTS) is 1. The lowest BCUT2D eigenvalue weighted by Crippen LogP contribution is -2.23. The number of carbonyl (C=O) groups excluding carboxylic acids is 1. The predicted octanol–water partition coefficient (Wildman–Crippen LogP) is 3.66. The fourth-order valence-electron chi connectivity index (χ4n) is 2.91. The van der Waals surface area contributed by atoms with Crippen LogP contribution in [0.25, 0.3) is 5.52 Å². The highest BCUT2D eigenvalue weighted by molar-refractivity contribution is 6.02. The summed E-state index contributed by atoms with van der Waals surface area (Å²) in [6.07, 6.45) is -1.56. The SMILES string of the molecule is C=C(CC(=O)O)NC(=O)c1cnn2cccc(Cc3ccc(C(F)(F)F)cc3)c12. The molecule has 6 nitrogen and oxygen atoms in total. The first-order valence-corrected chi connectivity index (χ1v) is 8.47. The molecule has 0 saturated heterocycles. The summed E-state index contributed by atoms with van der Waals surface area (Å²) in [5.74, 6) is -1.69. The Morgan fingerprint density at radius 2 is 1.86 bits per heavy atom. The van der Waals surface area contributed by atoms with E-state index in [1.54, 1.807) is 18.3 Å². The Morgan fingerprint density at radius 3 is 2.48 bits per heavy atom. The number of alkyl halides is 3. The second-order valence-corrected chi connectivity index (χ2v) is 6.38. The fraction of sp³-hybridized carbons (Fsp3) is 0.150. The monoisotopic (exact) mass is 403 g/mol. The van der Waals surface area contributed by atoms with Crippen molar-refractivity contribution >= 4 is 17.4 Å². The van der Waals surface area contributed by atoms with E-state index in [0.29, 0.717) is 16.6 Å². The number of nitrogens with zero attached hydrogens (tertiary/aromatic N) is 2. The Labute approximate surface area is 163 Å².